The van der Waals surface area contributed by atoms with Gasteiger partial charge in [-0.05, 0) is 61.7 Å². The first-order valence-corrected chi connectivity index (χ1v) is 11.9. The molecule has 2 heterocycles. The highest BCUT2D eigenvalue weighted by Crippen LogP contribution is 2.29. The van der Waals surface area contributed by atoms with E-state index in [9.17, 15) is 5.11 Å². The summed E-state index contributed by atoms with van der Waals surface area (Å²) in [6, 6.07) is 13.8. The van der Waals surface area contributed by atoms with E-state index in [1.165, 1.54) is 5.56 Å². The number of benzene rings is 2. The van der Waals surface area contributed by atoms with Gasteiger partial charge in [-0.15, -0.1) is 0 Å². The molecule has 1 fully saturated rings. The third-order valence-corrected chi connectivity index (χ3v) is 6.25. The maximum Gasteiger partial charge on any atom is 0.138 e. The van der Waals surface area contributed by atoms with Crippen LogP contribution in [0.15, 0.2) is 54.9 Å². The maximum atomic E-state index is 11.1. The quantitative estimate of drug-likeness (QED) is 0.459. The van der Waals surface area contributed by atoms with E-state index in [0.717, 1.165) is 30.8 Å². The largest absolute Gasteiger partial charge is 0.492 e. The molecule has 0 spiro atoms. The highest BCUT2D eigenvalue weighted by atomic mass is 35.5. The van der Waals surface area contributed by atoms with Crippen LogP contribution < -0.4 is 9.47 Å². The Bertz CT molecular complexity index is 1060. The van der Waals surface area contributed by atoms with E-state index in [1.54, 1.807) is 17.1 Å². The van der Waals surface area contributed by atoms with E-state index in [0.29, 0.717) is 41.9 Å². The maximum absolute atomic E-state index is 11.1. The van der Waals surface area contributed by atoms with Gasteiger partial charge in [-0.2, -0.15) is 5.10 Å². The molecule has 3 aromatic rings. The highest BCUT2D eigenvalue weighted by molar-refractivity contribution is 6.32. The molecule has 0 bridgehead atoms. The first-order chi connectivity index (χ1) is 15.9. The van der Waals surface area contributed by atoms with Crippen LogP contribution in [0.4, 0.5) is 0 Å². The number of likely N-dealkylation sites (tertiary alicyclic amines) is 1. The summed E-state index contributed by atoms with van der Waals surface area (Å²) < 4.78 is 13.5. The lowest BCUT2D eigenvalue weighted by atomic mass is 9.93. The first-order valence-electron chi connectivity index (χ1n) is 11.1. The number of nitrogens with zero attached hydrogens (tertiary/aromatic N) is 3. The molecule has 2 aromatic carbocycles. The molecule has 1 aliphatic rings. The molecule has 1 aromatic heterocycles. The number of ether oxygens (including phenoxy) is 2. The Kier molecular flexibility index (Phi) is 7.81. The first kappa shape index (κ1) is 23.9. The summed E-state index contributed by atoms with van der Waals surface area (Å²) in [7, 11) is 0. The number of aryl methyl sites for hydroxylation is 1. The molecule has 8 heteroatoms. The number of β-amino-alcohol motifs (C(OH)–C–C–N with tert-alkyl or cyclic N) is 1. The molecule has 33 heavy (non-hydrogen) atoms. The minimum absolute atomic E-state index is 0.223. The van der Waals surface area contributed by atoms with Gasteiger partial charge in [-0.25, -0.2) is 0 Å². The van der Waals surface area contributed by atoms with Crippen LogP contribution in [0.5, 0.6) is 11.5 Å². The Morgan fingerprint density at radius 1 is 1.12 bits per heavy atom. The predicted octanol–water partition coefficient (Wildman–Crippen LogP) is 4.98. The second-order valence-corrected chi connectivity index (χ2v) is 9.52. The van der Waals surface area contributed by atoms with Gasteiger partial charge in [-0.3, -0.25) is 9.58 Å². The molecule has 4 rings (SSSR count). The Labute approximate surface area is 204 Å². The van der Waals surface area contributed by atoms with E-state index in [4.69, 9.17) is 32.7 Å². The zero-order valence-corrected chi connectivity index (χ0v) is 20.2. The fraction of sp³-hybridized carbons (Fsp3) is 0.400. The lowest BCUT2D eigenvalue weighted by molar-refractivity contribution is -0.0620. The minimum atomic E-state index is -0.899. The summed E-state index contributed by atoms with van der Waals surface area (Å²) in [6.07, 6.45) is 5.01. The zero-order valence-electron chi connectivity index (χ0n) is 18.7. The minimum Gasteiger partial charge on any atom is -0.492 e. The monoisotopic (exact) mass is 489 g/mol. The Hall–Kier alpha value is -2.25. The Morgan fingerprint density at radius 2 is 1.94 bits per heavy atom. The Balaban J connectivity index is 1.26. The van der Waals surface area contributed by atoms with Crippen LogP contribution in [-0.2, 0) is 13.1 Å². The number of halogens is 2. The van der Waals surface area contributed by atoms with Crippen LogP contribution in [0, 0.1) is 6.92 Å². The van der Waals surface area contributed by atoms with Crippen molar-refractivity contribution < 1.29 is 14.6 Å². The van der Waals surface area contributed by atoms with Crippen molar-refractivity contribution in [3.8, 4) is 11.5 Å². The van der Waals surface area contributed by atoms with E-state index >= 15 is 0 Å². The molecule has 0 saturated carbocycles. The third kappa shape index (κ3) is 6.87. The van der Waals surface area contributed by atoms with Gasteiger partial charge in [0, 0.05) is 19.3 Å². The van der Waals surface area contributed by atoms with Crippen molar-refractivity contribution in [1.29, 1.82) is 0 Å². The summed E-state index contributed by atoms with van der Waals surface area (Å²) in [5.74, 6) is 1.43. The standard InChI is InChI=1S/C25H29Cl2N3O3/c1-19-3-8-23(27)24(13-19)33-18-25(31)9-2-10-29(17-25)15-20-4-6-22(7-5-20)32-12-11-30-16-21(26)14-28-30/h3-8,13-14,16,31H,2,9-12,15,17-18H2,1H3/t25-/m0/s1. The summed E-state index contributed by atoms with van der Waals surface area (Å²) in [6.45, 7) is 5.63. The van der Waals surface area contributed by atoms with Gasteiger partial charge in [0.1, 0.15) is 30.3 Å². The van der Waals surface area contributed by atoms with E-state index in [-0.39, 0.29) is 6.61 Å². The van der Waals surface area contributed by atoms with Gasteiger partial charge in [0.05, 0.1) is 22.8 Å². The zero-order chi connectivity index (χ0) is 23.3. The Morgan fingerprint density at radius 3 is 2.70 bits per heavy atom. The predicted molar refractivity (Wildman–Crippen MR) is 130 cm³/mol. The fourth-order valence-corrected chi connectivity index (χ4v) is 4.39. The lowest BCUT2D eigenvalue weighted by Gasteiger charge is -2.39. The van der Waals surface area contributed by atoms with Gasteiger partial charge in [0.15, 0.2) is 0 Å². The van der Waals surface area contributed by atoms with Crippen molar-refractivity contribution in [3.63, 3.8) is 0 Å². The van der Waals surface area contributed by atoms with E-state index in [2.05, 4.69) is 22.1 Å². The molecule has 1 N–H and O–H groups in total. The van der Waals surface area contributed by atoms with E-state index in [1.807, 2.05) is 37.3 Å². The number of hydrogen-bond donors (Lipinski definition) is 1. The number of hydrogen-bond acceptors (Lipinski definition) is 5. The van der Waals surface area contributed by atoms with Crippen molar-refractivity contribution in [2.75, 3.05) is 26.3 Å². The molecule has 0 amide bonds. The summed E-state index contributed by atoms with van der Waals surface area (Å²) in [5, 5.41) is 16.5. The number of piperidine rings is 1. The van der Waals surface area contributed by atoms with Crippen molar-refractivity contribution >= 4 is 23.2 Å². The lowest BCUT2D eigenvalue weighted by Crippen LogP contribution is -2.51. The SMILES string of the molecule is Cc1ccc(Cl)c(OC[C@]2(O)CCCN(Cc3ccc(OCCn4cc(Cl)cn4)cc3)C2)c1. The highest BCUT2D eigenvalue weighted by Gasteiger charge is 2.34. The van der Waals surface area contributed by atoms with Crippen LogP contribution in [0.3, 0.4) is 0 Å². The van der Waals surface area contributed by atoms with Crippen LogP contribution in [0.2, 0.25) is 10.0 Å². The molecule has 0 aliphatic carbocycles. The van der Waals surface area contributed by atoms with Crippen molar-refractivity contribution in [2.24, 2.45) is 0 Å². The molecule has 1 saturated heterocycles. The molecule has 6 nitrogen and oxygen atoms in total. The second kappa shape index (κ2) is 10.8. The van der Waals surface area contributed by atoms with Gasteiger partial charge in [0.2, 0.25) is 0 Å². The summed E-state index contributed by atoms with van der Waals surface area (Å²) >= 11 is 12.1. The van der Waals surface area contributed by atoms with Crippen molar-refractivity contribution in [3.05, 3.63) is 76.0 Å². The van der Waals surface area contributed by atoms with Gasteiger partial charge >= 0.3 is 0 Å². The van der Waals surface area contributed by atoms with Crippen molar-refractivity contribution in [1.82, 2.24) is 14.7 Å². The molecular formula is C25H29Cl2N3O3. The number of aliphatic hydroxyl groups is 1. The number of aromatic nitrogens is 2. The molecule has 0 unspecified atom stereocenters. The van der Waals surface area contributed by atoms with Gasteiger partial charge < -0.3 is 14.6 Å². The van der Waals surface area contributed by atoms with Crippen LogP contribution in [-0.4, -0.2) is 51.7 Å². The molecule has 176 valence electrons. The van der Waals surface area contributed by atoms with Crippen LogP contribution >= 0.6 is 23.2 Å². The average molecular weight is 490 g/mol. The smallest absolute Gasteiger partial charge is 0.138 e. The normalized spacial score (nSPS) is 18.9. The second-order valence-electron chi connectivity index (χ2n) is 8.68. The number of rotatable bonds is 9. The average Bonchev–Trinajstić information content (AvgIpc) is 3.21. The van der Waals surface area contributed by atoms with Crippen molar-refractivity contribution in [2.45, 2.75) is 38.5 Å². The van der Waals surface area contributed by atoms with Gasteiger partial charge in [-0.1, -0.05) is 41.4 Å². The van der Waals surface area contributed by atoms with Crippen LogP contribution in [0.1, 0.15) is 24.0 Å². The summed E-state index contributed by atoms with van der Waals surface area (Å²) in [4.78, 5) is 2.27. The van der Waals surface area contributed by atoms with Gasteiger partial charge in [0.25, 0.3) is 0 Å². The molecule has 0 radical (unpaired) electrons. The van der Waals surface area contributed by atoms with E-state index < -0.39 is 5.60 Å². The molecular weight excluding hydrogens is 461 g/mol. The molecule has 1 atom stereocenters. The van der Waals surface area contributed by atoms with Crippen LogP contribution in [0.25, 0.3) is 0 Å². The topological polar surface area (TPSA) is 59.8 Å². The third-order valence-electron chi connectivity index (χ3n) is 5.74. The fourth-order valence-electron chi connectivity index (χ4n) is 4.06. The summed E-state index contributed by atoms with van der Waals surface area (Å²) in [5.41, 5.74) is 1.35. The molecule has 1 aliphatic heterocycles.